The summed E-state index contributed by atoms with van der Waals surface area (Å²) in [4.78, 5) is 26.7. The third-order valence-corrected chi connectivity index (χ3v) is 7.79. The molecule has 0 radical (unpaired) electrons. The SMILES string of the molecule is CCN(NC(C)Cc1ccccc1)C(C(=O)O)c1cccc2c1C(=O)OC21c2ccc(O)cc2Oc2cc(O)ccc21. The van der Waals surface area contributed by atoms with Crippen molar-refractivity contribution in [3.63, 3.8) is 0 Å². The fraction of sp³-hybridized carbons (Fsp3) is 0.212. The lowest BCUT2D eigenvalue weighted by Crippen LogP contribution is -2.49. The molecule has 2 atom stereocenters. The Morgan fingerprint density at radius 1 is 0.905 bits per heavy atom. The number of phenols is 2. The van der Waals surface area contributed by atoms with E-state index in [2.05, 4.69) is 5.43 Å². The van der Waals surface area contributed by atoms with Crippen LogP contribution in [0.4, 0.5) is 0 Å². The molecule has 2 aliphatic heterocycles. The van der Waals surface area contributed by atoms with Crippen molar-refractivity contribution >= 4 is 11.9 Å². The molecule has 9 nitrogen and oxygen atoms in total. The molecule has 0 aliphatic carbocycles. The van der Waals surface area contributed by atoms with Crippen molar-refractivity contribution in [3.05, 3.63) is 118 Å². The number of nitrogens with one attached hydrogen (secondary N) is 1. The van der Waals surface area contributed by atoms with Gasteiger partial charge in [0.1, 0.15) is 29.0 Å². The lowest BCUT2D eigenvalue weighted by Gasteiger charge is -2.36. The van der Waals surface area contributed by atoms with E-state index in [1.807, 2.05) is 44.2 Å². The van der Waals surface area contributed by atoms with Crippen molar-refractivity contribution in [2.24, 2.45) is 0 Å². The van der Waals surface area contributed by atoms with E-state index in [0.717, 1.165) is 5.56 Å². The molecule has 2 unspecified atom stereocenters. The van der Waals surface area contributed by atoms with Crippen LogP contribution in [-0.2, 0) is 21.6 Å². The van der Waals surface area contributed by atoms with E-state index in [-0.39, 0.29) is 40.2 Å². The summed E-state index contributed by atoms with van der Waals surface area (Å²) in [5, 5.41) is 32.5. The molecule has 0 amide bonds. The van der Waals surface area contributed by atoms with Crippen LogP contribution >= 0.6 is 0 Å². The molecule has 0 aromatic heterocycles. The van der Waals surface area contributed by atoms with Crippen LogP contribution in [0.3, 0.4) is 0 Å². The smallest absolute Gasteiger partial charge is 0.340 e. The highest BCUT2D eigenvalue weighted by atomic mass is 16.6. The van der Waals surface area contributed by atoms with Gasteiger partial charge in [0.05, 0.1) is 5.56 Å². The third kappa shape index (κ3) is 4.43. The van der Waals surface area contributed by atoms with Gasteiger partial charge in [-0.15, -0.1) is 0 Å². The number of hydrogen-bond donors (Lipinski definition) is 4. The van der Waals surface area contributed by atoms with Crippen molar-refractivity contribution < 1.29 is 34.4 Å². The number of carbonyl (C=O) groups is 2. The molecule has 9 heteroatoms. The van der Waals surface area contributed by atoms with E-state index in [1.54, 1.807) is 35.3 Å². The predicted molar refractivity (Wildman–Crippen MR) is 154 cm³/mol. The maximum absolute atomic E-state index is 13.8. The van der Waals surface area contributed by atoms with Crippen molar-refractivity contribution in [1.82, 2.24) is 10.4 Å². The molecular weight excluding hydrogens is 536 g/mol. The van der Waals surface area contributed by atoms with Gasteiger partial charge in [0, 0.05) is 41.4 Å². The first-order valence-corrected chi connectivity index (χ1v) is 13.7. The number of aliphatic carboxylic acids is 1. The number of phenolic OH excluding ortho intramolecular Hbond substituents is 2. The maximum atomic E-state index is 13.8. The minimum atomic E-state index is -1.49. The van der Waals surface area contributed by atoms with Crippen molar-refractivity contribution in [2.75, 3.05) is 6.54 Å². The summed E-state index contributed by atoms with van der Waals surface area (Å²) in [6, 6.07) is 22.7. The number of fused-ring (bicyclic) bond motifs is 6. The quantitative estimate of drug-likeness (QED) is 0.167. The first kappa shape index (κ1) is 27.3. The predicted octanol–water partition coefficient (Wildman–Crippen LogP) is 5.25. The molecule has 4 aromatic carbocycles. The van der Waals surface area contributed by atoms with Gasteiger partial charge in [0.2, 0.25) is 0 Å². The molecule has 0 saturated carbocycles. The number of carboxylic acid groups (broad SMARTS) is 1. The molecule has 4 aromatic rings. The van der Waals surface area contributed by atoms with Gasteiger partial charge in [0.25, 0.3) is 0 Å². The molecule has 0 fully saturated rings. The standard InChI is InChI=1S/C33H30N2O7/c1-3-35(34-19(2)16-20-8-5-4-6-9-20)30(31(38)39)23-10-7-11-26-29(23)32(40)42-33(26)24-14-12-21(36)17-27(24)41-28-18-22(37)13-15-25(28)33/h4-15,17-19,30,34,36-37H,3,16H2,1-2H3,(H,38,39). The summed E-state index contributed by atoms with van der Waals surface area (Å²) in [5.41, 5.74) is 4.80. The Kier molecular flexibility index (Phi) is 6.84. The van der Waals surface area contributed by atoms with Gasteiger partial charge in [-0.2, -0.15) is 0 Å². The van der Waals surface area contributed by atoms with Crippen LogP contribution in [0.5, 0.6) is 23.0 Å². The van der Waals surface area contributed by atoms with Crippen LogP contribution < -0.4 is 10.2 Å². The van der Waals surface area contributed by atoms with Gasteiger partial charge in [-0.3, -0.25) is 10.2 Å². The number of likely N-dealkylation sites (N-methyl/N-ethyl adjacent to an activating group) is 1. The van der Waals surface area contributed by atoms with Gasteiger partial charge in [-0.1, -0.05) is 55.5 Å². The second-order valence-electron chi connectivity index (χ2n) is 10.6. The molecular formula is C33H30N2O7. The van der Waals surface area contributed by atoms with E-state index < -0.39 is 23.6 Å². The van der Waals surface area contributed by atoms with Crippen molar-refractivity contribution in [2.45, 2.75) is 38.0 Å². The molecule has 2 heterocycles. The van der Waals surface area contributed by atoms with E-state index in [4.69, 9.17) is 9.47 Å². The second-order valence-corrected chi connectivity index (χ2v) is 10.6. The average molecular weight is 567 g/mol. The number of rotatable bonds is 8. The zero-order chi connectivity index (χ0) is 29.6. The molecule has 1 spiro atoms. The van der Waals surface area contributed by atoms with E-state index in [0.29, 0.717) is 29.7 Å². The summed E-state index contributed by atoms with van der Waals surface area (Å²) in [6.07, 6.45) is 0.676. The molecule has 6 rings (SSSR count). The largest absolute Gasteiger partial charge is 0.508 e. The summed E-state index contributed by atoms with van der Waals surface area (Å²) in [6.45, 7) is 4.18. The Labute approximate surface area is 242 Å². The highest BCUT2D eigenvalue weighted by Gasteiger charge is 2.55. The first-order chi connectivity index (χ1) is 20.2. The number of benzene rings is 4. The van der Waals surface area contributed by atoms with Crippen LogP contribution in [0.2, 0.25) is 0 Å². The Hall–Kier alpha value is -4.86. The number of nitrogens with zero attached hydrogens (tertiary/aromatic N) is 1. The Balaban J connectivity index is 1.47. The van der Waals surface area contributed by atoms with Crippen molar-refractivity contribution in [1.29, 1.82) is 0 Å². The van der Waals surface area contributed by atoms with Crippen LogP contribution in [0, 0.1) is 0 Å². The topological polar surface area (TPSA) is 129 Å². The van der Waals surface area contributed by atoms with Gasteiger partial charge in [0.15, 0.2) is 5.60 Å². The van der Waals surface area contributed by atoms with Crippen molar-refractivity contribution in [3.8, 4) is 23.0 Å². The van der Waals surface area contributed by atoms with E-state index in [9.17, 15) is 24.9 Å². The van der Waals surface area contributed by atoms with Gasteiger partial charge in [-0.25, -0.2) is 9.80 Å². The number of esters is 1. The first-order valence-electron chi connectivity index (χ1n) is 13.7. The second kappa shape index (κ2) is 10.5. The van der Waals surface area contributed by atoms with Crippen LogP contribution in [0.25, 0.3) is 0 Å². The highest BCUT2D eigenvalue weighted by molar-refractivity contribution is 6.00. The lowest BCUT2D eigenvalue weighted by molar-refractivity contribution is -0.145. The average Bonchev–Trinajstić information content (AvgIpc) is 3.25. The van der Waals surface area contributed by atoms with E-state index in [1.165, 1.54) is 24.3 Å². The summed E-state index contributed by atoms with van der Waals surface area (Å²) < 4.78 is 12.2. The summed E-state index contributed by atoms with van der Waals surface area (Å²) in [5.74, 6) is -1.40. The Bertz CT molecular complexity index is 1640. The molecule has 0 bridgehead atoms. The number of aromatic hydroxyl groups is 2. The number of ether oxygens (including phenoxy) is 2. The monoisotopic (exact) mass is 566 g/mol. The number of carboxylic acids is 1. The lowest BCUT2D eigenvalue weighted by atomic mass is 9.76. The fourth-order valence-corrected chi connectivity index (χ4v) is 6.08. The van der Waals surface area contributed by atoms with Crippen LogP contribution in [0.15, 0.2) is 84.9 Å². The van der Waals surface area contributed by atoms with Crippen LogP contribution in [-0.4, -0.2) is 44.9 Å². The minimum absolute atomic E-state index is 0.0500. The fourth-order valence-electron chi connectivity index (χ4n) is 6.08. The molecule has 4 N–H and O–H groups in total. The Morgan fingerprint density at radius 3 is 2.14 bits per heavy atom. The third-order valence-electron chi connectivity index (χ3n) is 7.79. The molecule has 214 valence electrons. The number of hydrazine groups is 1. The van der Waals surface area contributed by atoms with Gasteiger partial charge >= 0.3 is 11.9 Å². The van der Waals surface area contributed by atoms with Crippen LogP contribution in [0.1, 0.15) is 58.1 Å². The van der Waals surface area contributed by atoms with E-state index >= 15 is 0 Å². The summed E-state index contributed by atoms with van der Waals surface area (Å²) in [7, 11) is 0. The number of hydrogen-bond acceptors (Lipinski definition) is 8. The summed E-state index contributed by atoms with van der Waals surface area (Å²) >= 11 is 0. The zero-order valence-electron chi connectivity index (χ0n) is 23.1. The molecule has 0 saturated heterocycles. The normalized spacial score (nSPS) is 15.7. The molecule has 2 aliphatic rings. The van der Waals surface area contributed by atoms with Gasteiger partial charge in [-0.05, 0) is 48.7 Å². The zero-order valence-corrected chi connectivity index (χ0v) is 23.1. The van der Waals surface area contributed by atoms with Gasteiger partial charge < -0.3 is 24.8 Å². The minimum Gasteiger partial charge on any atom is -0.508 e. The Morgan fingerprint density at radius 2 is 1.55 bits per heavy atom. The molecule has 42 heavy (non-hydrogen) atoms. The maximum Gasteiger partial charge on any atom is 0.340 e. The number of carbonyl (C=O) groups excluding carboxylic acids is 1. The highest BCUT2D eigenvalue weighted by Crippen LogP contribution is 2.57.